The summed E-state index contributed by atoms with van der Waals surface area (Å²) in [5, 5.41) is 7.32. The van der Waals surface area contributed by atoms with Crippen LogP contribution in [0.25, 0.3) is 0 Å². The first-order valence-electron chi connectivity index (χ1n) is 6.26. The second kappa shape index (κ2) is 6.72. The maximum absolute atomic E-state index is 13.3. The van der Waals surface area contributed by atoms with Crippen molar-refractivity contribution >= 4 is 11.6 Å². The van der Waals surface area contributed by atoms with Crippen LogP contribution in [0.3, 0.4) is 0 Å². The van der Waals surface area contributed by atoms with Crippen molar-refractivity contribution < 1.29 is 9.18 Å². The molecular weight excluding hydrogens is 259 g/mol. The third-order valence-corrected chi connectivity index (χ3v) is 2.78. The molecule has 0 spiro atoms. The van der Waals surface area contributed by atoms with Crippen molar-refractivity contribution in [2.45, 2.75) is 6.42 Å². The molecular formula is C14H15FN4O. The number of amides is 1. The van der Waals surface area contributed by atoms with Crippen LogP contribution in [0.5, 0.6) is 0 Å². The van der Waals surface area contributed by atoms with E-state index >= 15 is 0 Å². The van der Waals surface area contributed by atoms with E-state index in [4.69, 9.17) is 5.73 Å². The molecule has 104 valence electrons. The Morgan fingerprint density at radius 3 is 2.80 bits per heavy atom. The van der Waals surface area contributed by atoms with E-state index in [-0.39, 0.29) is 11.7 Å². The molecule has 1 amide bonds. The number of benzene rings is 1. The highest BCUT2D eigenvalue weighted by molar-refractivity contribution is 6.05. The number of aromatic nitrogens is 2. The molecule has 1 aromatic heterocycles. The van der Waals surface area contributed by atoms with E-state index in [2.05, 4.69) is 10.2 Å². The van der Waals surface area contributed by atoms with Gasteiger partial charge in [0.05, 0.1) is 18.0 Å². The maximum atomic E-state index is 13.3. The van der Waals surface area contributed by atoms with Crippen molar-refractivity contribution in [1.29, 1.82) is 0 Å². The molecule has 0 aliphatic rings. The van der Waals surface area contributed by atoms with E-state index in [1.807, 2.05) is 0 Å². The standard InChI is InChI=1S/C14H15FN4O/c15-12-3-1-4-13(9-12)19(8-2-6-16)14(20)11-5-7-17-18-10-11/h1,3-5,7,9-10H,2,6,8,16H2. The van der Waals surface area contributed by atoms with Crippen molar-refractivity contribution in [2.75, 3.05) is 18.0 Å². The summed E-state index contributed by atoms with van der Waals surface area (Å²) in [7, 11) is 0. The number of nitrogens with zero attached hydrogens (tertiary/aromatic N) is 3. The van der Waals surface area contributed by atoms with Gasteiger partial charge in [-0.2, -0.15) is 10.2 Å². The Morgan fingerprint density at radius 2 is 2.15 bits per heavy atom. The van der Waals surface area contributed by atoms with Gasteiger partial charge in [0.2, 0.25) is 0 Å². The minimum atomic E-state index is -0.388. The van der Waals surface area contributed by atoms with Gasteiger partial charge in [0.1, 0.15) is 5.82 Å². The van der Waals surface area contributed by atoms with Crippen LogP contribution in [0, 0.1) is 5.82 Å². The van der Waals surface area contributed by atoms with E-state index in [9.17, 15) is 9.18 Å². The fourth-order valence-electron chi connectivity index (χ4n) is 1.81. The summed E-state index contributed by atoms with van der Waals surface area (Å²) in [4.78, 5) is 14.0. The van der Waals surface area contributed by atoms with E-state index < -0.39 is 0 Å². The molecule has 0 fully saturated rings. The van der Waals surface area contributed by atoms with Gasteiger partial charge in [0.15, 0.2) is 0 Å². The summed E-state index contributed by atoms with van der Waals surface area (Å²) >= 11 is 0. The lowest BCUT2D eigenvalue weighted by Gasteiger charge is -2.22. The highest BCUT2D eigenvalue weighted by Crippen LogP contribution is 2.18. The number of halogens is 1. The lowest BCUT2D eigenvalue weighted by molar-refractivity contribution is 0.0986. The van der Waals surface area contributed by atoms with E-state index in [0.717, 1.165) is 0 Å². The average Bonchev–Trinajstić information content (AvgIpc) is 2.48. The van der Waals surface area contributed by atoms with Gasteiger partial charge in [-0.25, -0.2) is 4.39 Å². The molecule has 0 saturated carbocycles. The van der Waals surface area contributed by atoms with E-state index in [0.29, 0.717) is 30.8 Å². The lowest BCUT2D eigenvalue weighted by Crippen LogP contribution is -2.33. The van der Waals surface area contributed by atoms with Gasteiger partial charge in [-0.3, -0.25) is 4.79 Å². The topological polar surface area (TPSA) is 72.1 Å². The summed E-state index contributed by atoms with van der Waals surface area (Å²) in [5.74, 6) is -0.639. The first kappa shape index (κ1) is 14.1. The zero-order chi connectivity index (χ0) is 14.4. The first-order chi connectivity index (χ1) is 9.72. The molecule has 2 aromatic rings. The maximum Gasteiger partial charge on any atom is 0.259 e. The molecule has 0 aliphatic carbocycles. The number of nitrogens with two attached hydrogens (primary N) is 1. The van der Waals surface area contributed by atoms with Gasteiger partial charge in [0.25, 0.3) is 5.91 Å². The molecule has 20 heavy (non-hydrogen) atoms. The smallest absolute Gasteiger partial charge is 0.259 e. The third-order valence-electron chi connectivity index (χ3n) is 2.78. The van der Waals surface area contributed by atoms with E-state index in [1.54, 1.807) is 18.2 Å². The van der Waals surface area contributed by atoms with Crippen molar-refractivity contribution in [3.63, 3.8) is 0 Å². The molecule has 0 radical (unpaired) electrons. The van der Waals surface area contributed by atoms with Crippen LogP contribution in [0.4, 0.5) is 10.1 Å². The highest BCUT2D eigenvalue weighted by Gasteiger charge is 2.17. The number of carbonyl (C=O) groups excluding carboxylic acids is 1. The van der Waals surface area contributed by atoms with Gasteiger partial charge in [-0.05, 0) is 37.2 Å². The molecule has 0 aliphatic heterocycles. The van der Waals surface area contributed by atoms with Gasteiger partial charge < -0.3 is 10.6 Å². The number of hydrogen-bond acceptors (Lipinski definition) is 4. The van der Waals surface area contributed by atoms with Crippen molar-refractivity contribution in [3.8, 4) is 0 Å². The summed E-state index contributed by atoms with van der Waals surface area (Å²) in [6, 6.07) is 7.49. The summed E-state index contributed by atoms with van der Waals surface area (Å²) in [6.07, 6.45) is 3.46. The Hall–Kier alpha value is -2.34. The fourth-order valence-corrected chi connectivity index (χ4v) is 1.81. The quantitative estimate of drug-likeness (QED) is 0.899. The highest BCUT2D eigenvalue weighted by atomic mass is 19.1. The Kier molecular flexibility index (Phi) is 4.73. The Bertz CT molecular complexity index is 576. The van der Waals surface area contributed by atoms with Gasteiger partial charge in [-0.1, -0.05) is 6.07 Å². The van der Waals surface area contributed by atoms with Gasteiger partial charge >= 0.3 is 0 Å². The SMILES string of the molecule is NCCCN(C(=O)c1ccnnc1)c1cccc(F)c1. The minimum absolute atomic E-state index is 0.251. The second-order valence-electron chi connectivity index (χ2n) is 4.21. The number of carbonyl (C=O) groups is 1. The summed E-state index contributed by atoms with van der Waals surface area (Å²) < 4.78 is 13.3. The Balaban J connectivity index is 2.30. The molecule has 6 heteroatoms. The van der Waals surface area contributed by atoms with Crippen LogP contribution < -0.4 is 10.6 Å². The van der Waals surface area contributed by atoms with Crippen LogP contribution in [0.2, 0.25) is 0 Å². The monoisotopic (exact) mass is 274 g/mol. The summed E-state index contributed by atoms with van der Waals surface area (Å²) in [5.41, 5.74) is 6.39. The van der Waals surface area contributed by atoms with Crippen molar-refractivity contribution in [2.24, 2.45) is 5.73 Å². The van der Waals surface area contributed by atoms with Crippen LogP contribution in [-0.2, 0) is 0 Å². The molecule has 1 aromatic carbocycles. The number of hydrogen-bond donors (Lipinski definition) is 1. The van der Waals surface area contributed by atoms with Crippen LogP contribution in [-0.4, -0.2) is 29.2 Å². The molecule has 1 heterocycles. The molecule has 2 rings (SSSR count). The summed E-state index contributed by atoms with van der Waals surface area (Å²) in [6.45, 7) is 0.870. The molecule has 2 N–H and O–H groups in total. The second-order valence-corrected chi connectivity index (χ2v) is 4.21. The predicted molar refractivity (Wildman–Crippen MR) is 73.8 cm³/mol. The Labute approximate surface area is 116 Å². The molecule has 0 atom stereocenters. The van der Waals surface area contributed by atoms with Gasteiger partial charge in [0, 0.05) is 12.2 Å². The lowest BCUT2D eigenvalue weighted by atomic mass is 10.2. The largest absolute Gasteiger partial charge is 0.330 e. The van der Waals surface area contributed by atoms with Crippen LogP contribution in [0.15, 0.2) is 42.7 Å². The Morgan fingerprint density at radius 1 is 1.30 bits per heavy atom. The number of anilines is 1. The molecule has 0 unspecified atom stereocenters. The van der Waals surface area contributed by atoms with Crippen molar-refractivity contribution in [1.82, 2.24) is 10.2 Å². The van der Waals surface area contributed by atoms with Crippen LogP contribution >= 0.6 is 0 Å². The minimum Gasteiger partial charge on any atom is -0.330 e. The third kappa shape index (κ3) is 3.36. The molecule has 0 saturated heterocycles. The normalized spacial score (nSPS) is 10.3. The zero-order valence-corrected chi connectivity index (χ0v) is 10.9. The average molecular weight is 274 g/mol. The molecule has 5 nitrogen and oxygen atoms in total. The zero-order valence-electron chi connectivity index (χ0n) is 10.9. The predicted octanol–water partition coefficient (Wildman–Crippen LogP) is 1.61. The fraction of sp³-hybridized carbons (Fsp3) is 0.214. The van der Waals surface area contributed by atoms with Crippen LogP contribution in [0.1, 0.15) is 16.8 Å². The van der Waals surface area contributed by atoms with Crippen molar-refractivity contribution in [3.05, 3.63) is 54.1 Å². The van der Waals surface area contributed by atoms with Gasteiger partial charge in [-0.15, -0.1) is 0 Å². The number of rotatable bonds is 5. The molecule has 0 bridgehead atoms. The van der Waals surface area contributed by atoms with E-state index in [1.165, 1.54) is 29.4 Å². The first-order valence-corrected chi connectivity index (χ1v) is 6.26.